The average molecular weight is 323 g/mol. The first kappa shape index (κ1) is 16.0. The van der Waals surface area contributed by atoms with Crippen molar-refractivity contribution in [1.82, 2.24) is 19.6 Å². The molecule has 0 fully saturated rings. The molecule has 2 aromatic heterocycles. The number of aryl methyl sites for hydroxylation is 2. The molecule has 0 radical (unpaired) electrons. The number of nitrogens with zero attached hydrogens (tertiary/aromatic N) is 4. The minimum Gasteiger partial charge on any atom is -0.321 e. The number of aromatic nitrogens is 4. The number of carbonyl (C=O) groups excluding carboxylic acids is 1. The van der Waals surface area contributed by atoms with Crippen molar-refractivity contribution in [2.75, 3.05) is 5.32 Å². The zero-order valence-electron chi connectivity index (χ0n) is 14.2. The van der Waals surface area contributed by atoms with Crippen molar-refractivity contribution in [3.05, 3.63) is 65.2 Å². The highest BCUT2D eigenvalue weighted by molar-refractivity contribution is 5.91. The molecule has 0 unspecified atom stereocenters. The van der Waals surface area contributed by atoms with Crippen LogP contribution in [0, 0.1) is 20.8 Å². The molecule has 1 aromatic carbocycles. The van der Waals surface area contributed by atoms with E-state index in [4.69, 9.17) is 0 Å². The van der Waals surface area contributed by atoms with Crippen molar-refractivity contribution >= 4 is 11.6 Å². The van der Waals surface area contributed by atoms with Crippen molar-refractivity contribution in [2.24, 2.45) is 0 Å². The molecular formula is C18H21N5O. The Labute approximate surface area is 141 Å². The summed E-state index contributed by atoms with van der Waals surface area (Å²) in [6.07, 6.45) is 1.69. The molecule has 0 aliphatic rings. The van der Waals surface area contributed by atoms with Crippen LogP contribution < -0.4 is 5.32 Å². The highest BCUT2D eigenvalue weighted by atomic mass is 16.2. The van der Waals surface area contributed by atoms with E-state index in [0.29, 0.717) is 6.54 Å². The number of amides is 1. The van der Waals surface area contributed by atoms with Crippen LogP contribution in [0.15, 0.2) is 42.6 Å². The van der Waals surface area contributed by atoms with Crippen LogP contribution in [-0.4, -0.2) is 25.5 Å². The van der Waals surface area contributed by atoms with Crippen molar-refractivity contribution in [3.8, 4) is 0 Å². The van der Waals surface area contributed by atoms with E-state index in [1.54, 1.807) is 10.9 Å². The third-order valence-corrected chi connectivity index (χ3v) is 4.04. The van der Waals surface area contributed by atoms with Crippen LogP contribution >= 0.6 is 0 Å². The van der Waals surface area contributed by atoms with Crippen molar-refractivity contribution in [3.63, 3.8) is 0 Å². The molecule has 2 heterocycles. The van der Waals surface area contributed by atoms with Gasteiger partial charge in [0.15, 0.2) is 0 Å². The van der Waals surface area contributed by atoms with E-state index in [2.05, 4.69) is 27.6 Å². The Hall–Kier alpha value is -2.89. The van der Waals surface area contributed by atoms with Gasteiger partial charge in [0.25, 0.3) is 0 Å². The van der Waals surface area contributed by atoms with Gasteiger partial charge < -0.3 is 5.32 Å². The summed E-state index contributed by atoms with van der Waals surface area (Å²) in [4.78, 5) is 12.3. The Kier molecular flexibility index (Phi) is 4.46. The quantitative estimate of drug-likeness (QED) is 0.785. The number of hydrogen-bond donors (Lipinski definition) is 1. The molecule has 3 aromatic rings. The third kappa shape index (κ3) is 3.37. The highest BCUT2D eigenvalue weighted by Crippen LogP contribution is 2.20. The summed E-state index contributed by atoms with van der Waals surface area (Å²) >= 11 is 0. The molecule has 3 rings (SSSR count). The molecule has 24 heavy (non-hydrogen) atoms. The van der Waals surface area contributed by atoms with Gasteiger partial charge in [0.1, 0.15) is 6.54 Å². The van der Waals surface area contributed by atoms with Gasteiger partial charge in [0, 0.05) is 11.9 Å². The minimum atomic E-state index is -0.104. The Morgan fingerprint density at radius 2 is 1.83 bits per heavy atom. The standard InChI is InChI=1S/C18H21N5O/c1-13-9-10-19-22(13)12-17(24)20-18-14(2)21-23(15(18)3)11-16-7-5-4-6-8-16/h4-10H,11-12H2,1-3H3,(H,20,24). The van der Waals surface area contributed by atoms with Gasteiger partial charge in [-0.1, -0.05) is 30.3 Å². The second-order valence-electron chi connectivity index (χ2n) is 5.87. The maximum atomic E-state index is 12.3. The van der Waals surface area contributed by atoms with Gasteiger partial charge in [0.2, 0.25) is 5.91 Å². The second kappa shape index (κ2) is 6.70. The summed E-state index contributed by atoms with van der Waals surface area (Å²) in [6.45, 7) is 6.68. The molecule has 124 valence electrons. The lowest BCUT2D eigenvalue weighted by atomic mass is 10.2. The lowest BCUT2D eigenvalue weighted by molar-refractivity contribution is -0.116. The van der Waals surface area contributed by atoms with Gasteiger partial charge in [-0.25, -0.2) is 0 Å². The van der Waals surface area contributed by atoms with E-state index in [-0.39, 0.29) is 12.5 Å². The fourth-order valence-corrected chi connectivity index (χ4v) is 2.67. The zero-order chi connectivity index (χ0) is 17.1. The molecule has 0 aliphatic carbocycles. The third-order valence-electron chi connectivity index (χ3n) is 4.04. The van der Waals surface area contributed by atoms with Crippen molar-refractivity contribution < 1.29 is 4.79 Å². The summed E-state index contributed by atoms with van der Waals surface area (Å²) in [7, 11) is 0. The van der Waals surface area contributed by atoms with Gasteiger partial charge in [-0.3, -0.25) is 14.2 Å². The minimum absolute atomic E-state index is 0.104. The van der Waals surface area contributed by atoms with Crippen LogP contribution in [0.2, 0.25) is 0 Å². The smallest absolute Gasteiger partial charge is 0.246 e. The summed E-state index contributed by atoms with van der Waals surface area (Å²) in [5, 5.41) is 11.7. The second-order valence-corrected chi connectivity index (χ2v) is 5.87. The van der Waals surface area contributed by atoms with E-state index in [9.17, 15) is 4.79 Å². The first-order chi connectivity index (χ1) is 11.5. The Bertz CT molecular complexity index is 848. The van der Waals surface area contributed by atoms with E-state index < -0.39 is 0 Å². The lowest BCUT2D eigenvalue weighted by Crippen LogP contribution is -2.21. The normalized spacial score (nSPS) is 10.8. The zero-order valence-corrected chi connectivity index (χ0v) is 14.2. The van der Waals surface area contributed by atoms with E-state index in [1.807, 2.05) is 49.7 Å². The Morgan fingerprint density at radius 1 is 1.08 bits per heavy atom. The lowest BCUT2D eigenvalue weighted by Gasteiger charge is -2.08. The maximum Gasteiger partial charge on any atom is 0.246 e. The molecule has 0 spiro atoms. The largest absolute Gasteiger partial charge is 0.321 e. The molecule has 6 heteroatoms. The summed E-state index contributed by atoms with van der Waals surface area (Å²) in [5.41, 5.74) is 4.67. The van der Waals surface area contributed by atoms with Gasteiger partial charge in [0.05, 0.1) is 23.6 Å². The number of hydrogen-bond acceptors (Lipinski definition) is 3. The Morgan fingerprint density at radius 3 is 2.50 bits per heavy atom. The summed E-state index contributed by atoms with van der Waals surface area (Å²) in [6, 6.07) is 12.0. The van der Waals surface area contributed by atoms with Gasteiger partial charge in [-0.2, -0.15) is 10.2 Å². The summed E-state index contributed by atoms with van der Waals surface area (Å²) < 4.78 is 3.59. The van der Waals surface area contributed by atoms with Gasteiger partial charge >= 0.3 is 0 Å². The van der Waals surface area contributed by atoms with Crippen LogP contribution in [0.5, 0.6) is 0 Å². The first-order valence-electron chi connectivity index (χ1n) is 7.91. The molecule has 1 N–H and O–H groups in total. The highest BCUT2D eigenvalue weighted by Gasteiger charge is 2.15. The van der Waals surface area contributed by atoms with Crippen LogP contribution in [-0.2, 0) is 17.9 Å². The fraction of sp³-hybridized carbons (Fsp3) is 0.278. The first-order valence-corrected chi connectivity index (χ1v) is 7.91. The number of rotatable bonds is 5. The SMILES string of the molecule is Cc1nn(Cc2ccccc2)c(C)c1NC(=O)Cn1nccc1C. The van der Waals surface area contributed by atoms with Gasteiger partial charge in [-0.05, 0) is 32.4 Å². The van der Waals surface area contributed by atoms with E-state index in [1.165, 1.54) is 5.56 Å². The van der Waals surface area contributed by atoms with Crippen molar-refractivity contribution in [2.45, 2.75) is 33.9 Å². The molecule has 0 saturated carbocycles. The van der Waals surface area contributed by atoms with Crippen LogP contribution in [0.25, 0.3) is 0 Å². The number of benzene rings is 1. The van der Waals surface area contributed by atoms with Crippen LogP contribution in [0.1, 0.15) is 22.6 Å². The average Bonchev–Trinajstić information content (AvgIpc) is 3.07. The fourth-order valence-electron chi connectivity index (χ4n) is 2.67. The van der Waals surface area contributed by atoms with Crippen LogP contribution in [0.4, 0.5) is 5.69 Å². The van der Waals surface area contributed by atoms with E-state index in [0.717, 1.165) is 22.8 Å². The van der Waals surface area contributed by atoms with Crippen LogP contribution in [0.3, 0.4) is 0 Å². The topological polar surface area (TPSA) is 64.7 Å². The Balaban J connectivity index is 1.74. The molecule has 1 amide bonds. The monoisotopic (exact) mass is 323 g/mol. The number of carbonyl (C=O) groups is 1. The van der Waals surface area contributed by atoms with E-state index >= 15 is 0 Å². The molecule has 0 aliphatic heterocycles. The molecule has 6 nitrogen and oxygen atoms in total. The predicted molar refractivity (Wildman–Crippen MR) is 92.8 cm³/mol. The van der Waals surface area contributed by atoms with Gasteiger partial charge in [-0.15, -0.1) is 0 Å². The maximum absolute atomic E-state index is 12.3. The predicted octanol–water partition coefficient (Wildman–Crippen LogP) is 2.69. The van der Waals surface area contributed by atoms with Crippen molar-refractivity contribution in [1.29, 1.82) is 0 Å². The summed E-state index contributed by atoms with van der Waals surface area (Å²) in [5.74, 6) is -0.104. The number of anilines is 1. The molecule has 0 atom stereocenters. The number of nitrogens with one attached hydrogen (secondary N) is 1. The molecular weight excluding hydrogens is 302 g/mol. The molecule has 0 saturated heterocycles. The molecule has 0 bridgehead atoms.